The molecule has 0 bridgehead atoms. The van der Waals surface area contributed by atoms with Gasteiger partial charge in [0.25, 0.3) is 0 Å². The molecule has 2 amide bonds. The van der Waals surface area contributed by atoms with Crippen molar-refractivity contribution in [2.24, 2.45) is 24.8 Å². The van der Waals surface area contributed by atoms with Crippen molar-refractivity contribution in [3.05, 3.63) is 17.7 Å². The Morgan fingerprint density at radius 2 is 1.54 bits per heavy atom. The van der Waals surface area contributed by atoms with Gasteiger partial charge in [-0.2, -0.15) is 0 Å². The molecule has 0 spiro atoms. The molecule has 13 nitrogen and oxygen atoms in total. The van der Waals surface area contributed by atoms with Crippen molar-refractivity contribution in [3.63, 3.8) is 0 Å². The lowest BCUT2D eigenvalue weighted by Crippen LogP contribution is -2.57. The number of aliphatic carboxylic acids is 3. The summed E-state index contributed by atoms with van der Waals surface area (Å²) in [5, 5.41) is 35.7. The standard InChI is InChI=1S/C24H39N5O8/c1-7-13(4)20(22(33)27-14(5)23(34)35)28-21(32)19(12(2)3)26-11-16-10-25-17(29(16)6)8-15(24(36)37)9-18(30)31/h10,12-15,19-20,26H,7-9,11H2,1-6H3,(H,27,33)(H,28,32)(H,30,31)(H,34,35)(H,36,37)/t13-,14-,15?,19-,20-/m0/s1. The van der Waals surface area contributed by atoms with Gasteiger partial charge >= 0.3 is 17.9 Å². The topological polar surface area (TPSA) is 200 Å². The molecular formula is C24H39N5O8. The van der Waals surface area contributed by atoms with Crippen LogP contribution in [0.15, 0.2) is 6.20 Å². The van der Waals surface area contributed by atoms with Gasteiger partial charge in [0.2, 0.25) is 11.8 Å². The third-order valence-corrected chi connectivity index (χ3v) is 6.35. The molecule has 1 aromatic heterocycles. The average Bonchev–Trinajstić information content (AvgIpc) is 3.14. The molecule has 37 heavy (non-hydrogen) atoms. The Hall–Kier alpha value is -3.48. The van der Waals surface area contributed by atoms with E-state index in [4.69, 9.17) is 10.2 Å². The smallest absolute Gasteiger partial charge is 0.325 e. The molecule has 208 valence electrons. The summed E-state index contributed by atoms with van der Waals surface area (Å²) in [5.41, 5.74) is 0.652. The lowest BCUT2D eigenvalue weighted by Gasteiger charge is -2.28. The molecule has 5 atom stereocenters. The molecule has 1 unspecified atom stereocenters. The first kappa shape index (κ1) is 31.5. The molecule has 0 fully saturated rings. The van der Waals surface area contributed by atoms with Crippen LogP contribution in [0.1, 0.15) is 59.0 Å². The molecule has 6 N–H and O–H groups in total. The first-order valence-corrected chi connectivity index (χ1v) is 12.2. The number of hydrogen-bond donors (Lipinski definition) is 6. The molecule has 0 aliphatic carbocycles. The van der Waals surface area contributed by atoms with E-state index in [2.05, 4.69) is 20.9 Å². The van der Waals surface area contributed by atoms with Gasteiger partial charge in [0.1, 0.15) is 17.9 Å². The van der Waals surface area contributed by atoms with Crippen LogP contribution in [0.4, 0.5) is 0 Å². The quantitative estimate of drug-likeness (QED) is 0.175. The largest absolute Gasteiger partial charge is 0.481 e. The highest BCUT2D eigenvalue weighted by atomic mass is 16.4. The minimum atomic E-state index is -1.22. The number of amides is 2. The number of imidazole rings is 1. The van der Waals surface area contributed by atoms with Crippen LogP contribution in [0.5, 0.6) is 0 Å². The summed E-state index contributed by atoms with van der Waals surface area (Å²) < 4.78 is 1.66. The van der Waals surface area contributed by atoms with E-state index in [9.17, 15) is 29.1 Å². The van der Waals surface area contributed by atoms with Crippen molar-refractivity contribution >= 4 is 29.7 Å². The molecule has 1 aromatic rings. The van der Waals surface area contributed by atoms with Crippen molar-refractivity contribution in [2.45, 2.75) is 78.6 Å². The highest BCUT2D eigenvalue weighted by Gasteiger charge is 2.32. The predicted molar refractivity (Wildman–Crippen MR) is 132 cm³/mol. The van der Waals surface area contributed by atoms with E-state index in [0.29, 0.717) is 17.9 Å². The van der Waals surface area contributed by atoms with E-state index in [1.165, 1.54) is 13.1 Å². The normalized spacial score (nSPS) is 15.3. The van der Waals surface area contributed by atoms with E-state index in [1.54, 1.807) is 18.5 Å². The molecule has 0 radical (unpaired) electrons. The summed E-state index contributed by atoms with van der Waals surface area (Å²) in [6.07, 6.45) is 1.52. The maximum absolute atomic E-state index is 13.2. The number of nitrogens with zero attached hydrogens (tertiary/aromatic N) is 2. The number of carbonyl (C=O) groups excluding carboxylic acids is 2. The Balaban J connectivity index is 2.96. The van der Waals surface area contributed by atoms with Crippen LogP contribution in [0, 0.1) is 17.8 Å². The Morgan fingerprint density at radius 1 is 0.946 bits per heavy atom. The number of nitrogens with one attached hydrogen (secondary N) is 3. The predicted octanol–water partition coefficient (Wildman–Crippen LogP) is 0.373. The van der Waals surface area contributed by atoms with Crippen molar-refractivity contribution in [2.75, 3.05) is 0 Å². The van der Waals surface area contributed by atoms with Crippen LogP contribution in [0.3, 0.4) is 0 Å². The average molecular weight is 526 g/mol. The number of hydrogen-bond acceptors (Lipinski definition) is 7. The first-order chi connectivity index (χ1) is 17.2. The van der Waals surface area contributed by atoms with E-state index in [-0.39, 0.29) is 24.8 Å². The second kappa shape index (κ2) is 14.3. The molecule has 0 aliphatic rings. The lowest BCUT2D eigenvalue weighted by molar-refractivity contribution is -0.148. The van der Waals surface area contributed by atoms with Crippen LogP contribution >= 0.6 is 0 Å². The number of aromatic nitrogens is 2. The molecule has 1 rings (SSSR count). The van der Waals surface area contributed by atoms with E-state index >= 15 is 0 Å². The summed E-state index contributed by atoms with van der Waals surface area (Å²) in [6, 6.07) is -2.73. The fourth-order valence-electron chi connectivity index (χ4n) is 3.68. The highest BCUT2D eigenvalue weighted by Crippen LogP contribution is 2.15. The van der Waals surface area contributed by atoms with Crippen LogP contribution in [0.2, 0.25) is 0 Å². The minimum absolute atomic E-state index is 0.0628. The summed E-state index contributed by atoms with van der Waals surface area (Å²) in [4.78, 5) is 63.6. The molecule has 0 aromatic carbocycles. The number of rotatable bonds is 16. The zero-order valence-electron chi connectivity index (χ0n) is 22.1. The maximum Gasteiger partial charge on any atom is 0.325 e. The van der Waals surface area contributed by atoms with Gasteiger partial charge in [0.15, 0.2) is 0 Å². The van der Waals surface area contributed by atoms with Gasteiger partial charge in [-0.15, -0.1) is 0 Å². The molecule has 13 heteroatoms. The zero-order valence-corrected chi connectivity index (χ0v) is 22.1. The second-order valence-electron chi connectivity index (χ2n) is 9.60. The summed E-state index contributed by atoms with van der Waals surface area (Å²) in [7, 11) is 1.68. The van der Waals surface area contributed by atoms with Gasteiger partial charge in [-0.1, -0.05) is 34.1 Å². The van der Waals surface area contributed by atoms with Crippen LogP contribution in [-0.4, -0.2) is 72.7 Å². The summed E-state index contributed by atoms with van der Waals surface area (Å²) >= 11 is 0. The second-order valence-corrected chi connectivity index (χ2v) is 9.60. The molecular weight excluding hydrogens is 486 g/mol. The number of carboxylic acid groups (broad SMARTS) is 3. The first-order valence-electron chi connectivity index (χ1n) is 12.2. The van der Waals surface area contributed by atoms with Crippen LogP contribution in [0.25, 0.3) is 0 Å². The third kappa shape index (κ3) is 9.48. The van der Waals surface area contributed by atoms with E-state index in [1.807, 2.05) is 20.8 Å². The fraction of sp³-hybridized carbons (Fsp3) is 0.667. The van der Waals surface area contributed by atoms with Crippen LogP contribution < -0.4 is 16.0 Å². The zero-order chi connectivity index (χ0) is 28.4. The maximum atomic E-state index is 13.2. The molecule has 0 aliphatic heterocycles. The van der Waals surface area contributed by atoms with Gasteiger partial charge in [-0.3, -0.25) is 29.3 Å². The van der Waals surface area contributed by atoms with Gasteiger partial charge in [-0.25, -0.2) is 4.98 Å². The van der Waals surface area contributed by atoms with Crippen molar-refractivity contribution in [1.82, 2.24) is 25.5 Å². The van der Waals surface area contributed by atoms with Gasteiger partial charge in [0, 0.05) is 26.2 Å². The summed E-state index contributed by atoms with van der Waals surface area (Å²) in [5.74, 6) is -5.76. The highest BCUT2D eigenvalue weighted by molar-refractivity contribution is 5.92. The van der Waals surface area contributed by atoms with Crippen molar-refractivity contribution in [1.29, 1.82) is 0 Å². The monoisotopic (exact) mass is 525 g/mol. The Bertz CT molecular complexity index is 976. The Morgan fingerprint density at radius 3 is 2.03 bits per heavy atom. The van der Waals surface area contributed by atoms with Gasteiger partial charge in [0.05, 0.1) is 24.1 Å². The van der Waals surface area contributed by atoms with Crippen molar-refractivity contribution < 1.29 is 39.3 Å². The fourth-order valence-corrected chi connectivity index (χ4v) is 3.68. The molecule has 0 saturated carbocycles. The summed E-state index contributed by atoms with van der Waals surface area (Å²) in [6.45, 7) is 8.87. The lowest BCUT2D eigenvalue weighted by atomic mass is 9.96. The van der Waals surface area contributed by atoms with Crippen molar-refractivity contribution in [3.8, 4) is 0 Å². The SMILES string of the molecule is CC[C@H](C)[C@H](NC(=O)[C@@H](NCc1cnc(CC(CC(=O)O)C(=O)O)n1C)C(C)C)C(=O)N[C@@H](C)C(=O)O. The molecule has 1 heterocycles. The van der Waals surface area contributed by atoms with E-state index in [0.717, 1.165) is 0 Å². The number of carbonyl (C=O) groups is 5. The number of carboxylic acids is 3. The molecule has 0 saturated heterocycles. The van der Waals surface area contributed by atoms with E-state index < -0.39 is 60.2 Å². The third-order valence-electron chi connectivity index (χ3n) is 6.35. The minimum Gasteiger partial charge on any atom is -0.481 e. The Kier molecular flexibility index (Phi) is 12.2. The van der Waals surface area contributed by atoms with Gasteiger partial charge in [-0.05, 0) is 18.8 Å². The Labute approximate surface area is 216 Å². The van der Waals surface area contributed by atoms with Crippen LogP contribution in [-0.2, 0) is 44.0 Å². The van der Waals surface area contributed by atoms with Gasteiger partial charge < -0.3 is 30.5 Å².